The summed E-state index contributed by atoms with van der Waals surface area (Å²) in [7, 11) is 1.60. The quantitative estimate of drug-likeness (QED) is 0.674. The second-order valence-corrected chi connectivity index (χ2v) is 7.41. The number of allylic oxidation sites excluding steroid dienone is 1. The lowest BCUT2D eigenvalue weighted by Crippen LogP contribution is -2.27. The maximum atomic E-state index is 13.4. The molecule has 3 aromatic rings. The molecule has 2 N–H and O–H groups in total. The Balaban J connectivity index is 1.59. The number of benzene rings is 2. The van der Waals surface area contributed by atoms with Gasteiger partial charge in [-0.2, -0.15) is 0 Å². The molecule has 152 valence electrons. The molecule has 1 aliphatic heterocycles. The maximum Gasteiger partial charge on any atom is 0.219 e. The van der Waals surface area contributed by atoms with Gasteiger partial charge in [0.2, 0.25) is 11.6 Å². The van der Waals surface area contributed by atoms with Crippen molar-refractivity contribution in [3.8, 4) is 5.75 Å². The zero-order valence-electron chi connectivity index (χ0n) is 16.2. The van der Waals surface area contributed by atoms with Crippen LogP contribution in [0.2, 0.25) is 0 Å². The molecule has 2 aromatic carbocycles. The van der Waals surface area contributed by atoms with Crippen LogP contribution in [0.3, 0.4) is 0 Å². The van der Waals surface area contributed by atoms with Crippen molar-refractivity contribution < 1.29 is 18.6 Å². The number of anilines is 2. The molecule has 2 heterocycles. The molecule has 0 radical (unpaired) electrons. The standard InChI is InChI=1S/C22H19FN4O3/c1-29-16-4-2-3-13(9-16)20-19-17(24-21-22(25-20)27-30-26-21)10-14(11-18(19)28)12-5-7-15(23)8-6-12/h2-9,14,20H,10-11H2,1H3,(H,24,26)(H,25,27). The number of ether oxygens (including phenoxy) is 1. The van der Waals surface area contributed by atoms with E-state index in [1.807, 2.05) is 24.3 Å². The molecule has 2 aliphatic rings. The van der Waals surface area contributed by atoms with E-state index in [-0.39, 0.29) is 17.5 Å². The van der Waals surface area contributed by atoms with Gasteiger partial charge in [-0.1, -0.05) is 24.3 Å². The van der Waals surface area contributed by atoms with Gasteiger partial charge in [0.05, 0.1) is 13.2 Å². The molecule has 0 amide bonds. The molecule has 8 heteroatoms. The van der Waals surface area contributed by atoms with Gasteiger partial charge in [0.25, 0.3) is 0 Å². The van der Waals surface area contributed by atoms with Crippen LogP contribution in [-0.2, 0) is 4.79 Å². The Morgan fingerprint density at radius 3 is 2.67 bits per heavy atom. The summed E-state index contributed by atoms with van der Waals surface area (Å²) in [6.07, 6.45) is 0.922. The Labute approximate surface area is 171 Å². The van der Waals surface area contributed by atoms with Crippen LogP contribution in [0.1, 0.15) is 35.9 Å². The molecule has 2 unspecified atom stereocenters. The Bertz CT molecular complexity index is 1140. The van der Waals surface area contributed by atoms with Gasteiger partial charge in [-0.15, -0.1) is 0 Å². The Kier molecular flexibility index (Phi) is 4.46. The highest BCUT2D eigenvalue weighted by atomic mass is 19.1. The van der Waals surface area contributed by atoms with Crippen LogP contribution in [-0.4, -0.2) is 23.2 Å². The van der Waals surface area contributed by atoms with Crippen molar-refractivity contribution in [2.75, 3.05) is 17.7 Å². The first-order valence-electron chi connectivity index (χ1n) is 9.64. The van der Waals surface area contributed by atoms with Gasteiger partial charge in [0.15, 0.2) is 5.78 Å². The number of nitrogens with zero attached hydrogens (tertiary/aromatic N) is 2. The van der Waals surface area contributed by atoms with Crippen molar-refractivity contribution in [1.29, 1.82) is 0 Å². The molecule has 30 heavy (non-hydrogen) atoms. The highest BCUT2D eigenvalue weighted by molar-refractivity contribution is 6.00. The second-order valence-electron chi connectivity index (χ2n) is 7.41. The van der Waals surface area contributed by atoms with E-state index in [1.165, 1.54) is 12.1 Å². The van der Waals surface area contributed by atoms with Crippen LogP contribution < -0.4 is 15.4 Å². The minimum Gasteiger partial charge on any atom is -0.497 e. The highest BCUT2D eigenvalue weighted by Crippen LogP contribution is 2.43. The number of ketones is 1. The third-order valence-corrected chi connectivity index (χ3v) is 5.60. The summed E-state index contributed by atoms with van der Waals surface area (Å²) in [5, 5.41) is 14.4. The lowest BCUT2D eigenvalue weighted by Gasteiger charge is -2.29. The zero-order chi connectivity index (χ0) is 20.7. The van der Waals surface area contributed by atoms with Crippen LogP contribution in [0, 0.1) is 5.82 Å². The van der Waals surface area contributed by atoms with E-state index in [0.717, 1.165) is 16.8 Å². The Morgan fingerprint density at radius 2 is 1.87 bits per heavy atom. The first-order valence-corrected chi connectivity index (χ1v) is 9.64. The van der Waals surface area contributed by atoms with Crippen LogP contribution in [0.5, 0.6) is 5.75 Å². The third kappa shape index (κ3) is 3.20. The van der Waals surface area contributed by atoms with E-state index in [0.29, 0.717) is 35.8 Å². The maximum absolute atomic E-state index is 13.4. The summed E-state index contributed by atoms with van der Waals surface area (Å²) in [5.41, 5.74) is 3.19. The van der Waals surface area contributed by atoms with Crippen molar-refractivity contribution in [2.45, 2.75) is 24.8 Å². The van der Waals surface area contributed by atoms with Gasteiger partial charge in [-0.05, 0) is 58.0 Å². The first-order chi connectivity index (χ1) is 14.6. The summed E-state index contributed by atoms with van der Waals surface area (Å²) in [4.78, 5) is 13.3. The number of halogens is 1. The van der Waals surface area contributed by atoms with E-state index < -0.39 is 6.04 Å². The van der Waals surface area contributed by atoms with Gasteiger partial charge < -0.3 is 15.4 Å². The third-order valence-electron chi connectivity index (χ3n) is 5.60. The van der Waals surface area contributed by atoms with Crippen LogP contribution >= 0.6 is 0 Å². The molecule has 0 saturated heterocycles. The monoisotopic (exact) mass is 406 g/mol. The number of methoxy groups -OCH3 is 1. The summed E-state index contributed by atoms with van der Waals surface area (Å²) in [6.45, 7) is 0. The minimum absolute atomic E-state index is 0.0143. The normalized spacial score (nSPS) is 20.5. The number of hydrogen-bond donors (Lipinski definition) is 2. The lowest BCUT2D eigenvalue weighted by atomic mass is 9.78. The molecule has 0 spiro atoms. The summed E-state index contributed by atoms with van der Waals surface area (Å²) < 4.78 is 23.6. The first kappa shape index (κ1) is 18.4. The fourth-order valence-electron chi connectivity index (χ4n) is 4.14. The van der Waals surface area contributed by atoms with Crippen molar-refractivity contribution in [2.24, 2.45) is 0 Å². The number of carbonyl (C=O) groups excluding carboxylic acids is 1. The number of hydrogen-bond acceptors (Lipinski definition) is 7. The molecule has 0 saturated carbocycles. The Morgan fingerprint density at radius 1 is 1.07 bits per heavy atom. The molecular formula is C22H19FN4O3. The van der Waals surface area contributed by atoms with Gasteiger partial charge >= 0.3 is 0 Å². The van der Waals surface area contributed by atoms with Gasteiger partial charge in [-0.25, -0.2) is 9.02 Å². The Hall–Kier alpha value is -3.68. The van der Waals surface area contributed by atoms with Crippen LogP contribution in [0.15, 0.2) is 64.4 Å². The molecule has 5 rings (SSSR count). The molecular weight excluding hydrogens is 387 g/mol. The number of nitrogens with one attached hydrogen (secondary N) is 2. The lowest BCUT2D eigenvalue weighted by molar-refractivity contribution is -0.116. The summed E-state index contributed by atoms with van der Waals surface area (Å²) in [5.74, 6) is 1.22. The molecule has 0 fully saturated rings. The molecule has 1 aliphatic carbocycles. The number of rotatable bonds is 3. The SMILES string of the molecule is COc1cccc(C2Nc3nonc3NC3=C2C(=O)CC(c2ccc(F)cc2)C3)c1. The number of aromatic nitrogens is 2. The second kappa shape index (κ2) is 7.29. The largest absolute Gasteiger partial charge is 0.497 e. The summed E-state index contributed by atoms with van der Waals surface area (Å²) >= 11 is 0. The zero-order valence-corrected chi connectivity index (χ0v) is 16.2. The van der Waals surface area contributed by atoms with E-state index >= 15 is 0 Å². The molecule has 0 bridgehead atoms. The number of Topliss-reactive ketones (excluding diaryl/α,β-unsaturated/α-hetero) is 1. The fourth-order valence-corrected chi connectivity index (χ4v) is 4.14. The topological polar surface area (TPSA) is 89.3 Å². The number of fused-ring (bicyclic) bond motifs is 1. The molecule has 2 atom stereocenters. The van der Waals surface area contributed by atoms with Gasteiger partial charge in [-0.3, -0.25) is 4.79 Å². The van der Waals surface area contributed by atoms with Gasteiger partial charge in [0, 0.05) is 17.7 Å². The van der Waals surface area contributed by atoms with Crippen molar-refractivity contribution in [3.05, 3.63) is 76.7 Å². The smallest absolute Gasteiger partial charge is 0.219 e. The predicted molar refractivity (Wildman–Crippen MR) is 108 cm³/mol. The molecule has 7 nitrogen and oxygen atoms in total. The fraction of sp³-hybridized carbons (Fsp3) is 0.227. The van der Waals surface area contributed by atoms with E-state index in [9.17, 15) is 9.18 Å². The minimum atomic E-state index is -0.433. The van der Waals surface area contributed by atoms with E-state index in [4.69, 9.17) is 9.37 Å². The van der Waals surface area contributed by atoms with Crippen molar-refractivity contribution in [1.82, 2.24) is 10.3 Å². The average molecular weight is 406 g/mol. The predicted octanol–water partition coefficient (Wildman–Crippen LogP) is 4.20. The average Bonchev–Trinajstić information content (AvgIpc) is 3.13. The number of carbonyl (C=O) groups is 1. The van der Waals surface area contributed by atoms with Crippen LogP contribution in [0.25, 0.3) is 0 Å². The van der Waals surface area contributed by atoms with Crippen molar-refractivity contribution >= 4 is 17.4 Å². The van der Waals surface area contributed by atoms with E-state index in [1.54, 1.807) is 19.2 Å². The molecule has 1 aromatic heterocycles. The highest BCUT2D eigenvalue weighted by Gasteiger charge is 2.37. The summed E-state index contributed by atoms with van der Waals surface area (Å²) in [6, 6.07) is 13.4. The van der Waals surface area contributed by atoms with E-state index in [2.05, 4.69) is 20.9 Å². The van der Waals surface area contributed by atoms with Gasteiger partial charge in [0.1, 0.15) is 11.6 Å². The van der Waals surface area contributed by atoms with Crippen molar-refractivity contribution in [3.63, 3.8) is 0 Å². The van der Waals surface area contributed by atoms with Crippen LogP contribution in [0.4, 0.5) is 16.0 Å².